The molecule has 0 atom stereocenters. The molecule has 11 nitrogen and oxygen atoms in total. The van der Waals surface area contributed by atoms with Crippen LogP contribution in [0, 0.1) is 10.8 Å². The van der Waals surface area contributed by atoms with E-state index in [1.807, 2.05) is 6.92 Å². The Morgan fingerprint density at radius 3 is 2.51 bits per heavy atom. The first-order valence-electron chi connectivity index (χ1n) is 11.6. The first-order valence-corrected chi connectivity index (χ1v) is 11.6. The number of unbranched alkanes of at least 4 members (excludes halogenated alkanes) is 1. The second-order valence-corrected chi connectivity index (χ2v) is 8.18. The van der Waals surface area contributed by atoms with Crippen molar-refractivity contribution in [1.82, 2.24) is 15.1 Å². The highest BCUT2D eigenvalue weighted by molar-refractivity contribution is 6.03. The van der Waals surface area contributed by atoms with Crippen molar-refractivity contribution in [3.05, 3.63) is 63.8 Å². The summed E-state index contributed by atoms with van der Waals surface area (Å²) in [4.78, 5) is 20.0. The summed E-state index contributed by atoms with van der Waals surface area (Å²) >= 11 is 0. The van der Waals surface area contributed by atoms with E-state index in [0.717, 1.165) is 12.8 Å². The average molecular weight is 506 g/mol. The van der Waals surface area contributed by atoms with Crippen LogP contribution < -0.4 is 15.0 Å². The van der Waals surface area contributed by atoms with Gasteiger partial charge in [-0.15, -0.1) is 0 Å². The van der Waals surface area contributed by atoms with E-state index in [1.54, 1.807) is 36.5 Å². The molecular weight excluding hydrogens is 478 g/mol. The number of fused-ring (bicyclic) bond motifs is 1. The molecule has 0 saturated carbocycles. The van der Waals surface area contributed by atoms with Gasteiger partial charge < -0.3 is 28.8 Å². The van der Waals surface area contributed by atoms with Gasteiger partial charge >= 0.3 is 0 Å². The highest BCUT2D eigenvalue weighted by Gasteiger charge is 2.27. The van der Waals surface area contributed by atoms with E-state index in [4.69, 9.17) is 29.6 Å². The molecule has 3 heterocycles. The van der Waals surface area contributed by atoms with Crippen LogP contribution in [-0.4, -0.2) is 46.2 Å². The number of aryl methyl sites for hydroxylation is 1. The fourth-order valence-electron chi connectivity index (χ4n) is 4.06. The third-order valence-corrected chi connectivity index (χ3v) is 5.80. The summed E-state index contributed by atoms with van der Waals surface area (Å²) in [7, 11) is 2.98. The van der Waals surface area contributed by atoms with Gasteiger partial charge in [-0.1, -0.05) is 24.6 Å². The van der Waals surface area contributed by atoms with Crippen molar-refractivity contribution >= 4 is 22.9 Å². The maximum Gasteiger partial charge on any atom is 0.264 e. The number of pyridine rings is 2. The standard InChI is InChI=1S/C26H27N5O6/c1-4-5-8-14-20(21-16(34-2)9-6-10-17(21)35-3)24(32)22(26(33)30-14)25(28)36-19(27)13-15-23-18(37-31-15)11-7-12-29-23/h6-7,9-12,27-28H,4-5,8,13H2,1-3H3,(H2,30,32,33). The van der Waals surface area contributed by atoms with Crippen LogP contribution in [0.5, 0.6) is 17.2 Å². The molecule has 0 aliphatic carbocycles. The molecule has 3 aromatic heterocycles. The van der Waals surface area contributed by atoms with Crippen LogP contribution in [-0.2, 0) is 17.6 Å². The van der Waals surface area contributed by atoms with Crippen LogP contribution in [0.15, 0.2) is 45.8 Å². The predicted molar refractivity (Wildman–Crippen MR) is 137 cm³/mol. The molecule has 0 fully saturated rings. The van der Waals surface area contributed by atoms with E-state index in [9.17, 15) is 9.90 Å². The number of hydrogen-bond acceptors (Lipinski definition) is 10. The zero-order valence-electron chi connectivity index (χ0n) is 20.7. The van der Waals surface area contributed by atoms with Crippen molar-refractivity contribution in [2.75, 3.05) is 14.2 Å². The SMILES string of the molecule is CCCCc1[nH]c(=O)c(C(=N)OC(=N)Cc2noc3cccnc23)c(O)c1-c1c(OC)cccc1OC. The highest BCUT2D eigenvalue weighted by atomic mass is 16.5. The highest BCUT2D eigenvalue weighted by Crippen LogP contribution is 2.44. The first kappa shape index (κ1) is 25.4. The van der Waals surface area contributed by atoms with Crippen molar-refractivity contribution in [2.45, 2.75) is 32.6 Å². The van der Waals surface area contributed by atoms with Gasteiger partial charge in [0.1, 0.15) is 34.0 Å². The minimum absolute atomic E-state index is 0.132. The molecule has 37 heavy (non-hydrogen) atoms. The van der Waals surface area contributed by atoms with Crippen LogP contribution in [0.2, 0.25) is 0 Å². The lowest BCUT2D eigenvalue weighted by Crippen LogP contribution is -2.24. The third-order valence-electron chi connectivity index (χ3n) is 5.80. The summed E-state index contributed by atoms with van der Waals surface area (Å²) in [5.74, 6) is -0.714. The Kier molecular flexibility index (Phi) is 7.52. The molecule has 192 valence electrons. The first-order chi connectivity index (χ1) is 17.9. The molecule has 4 rings (SSSR count). The van der Waals surface area contributed by atoms with Crippen molar-refractivity contribution < 1.29 is 23.8 Å². The number of H-pyrrole nitrogens is 1. The fraction of sp³-hybridized carbons (Fsp3) is 0.269. The predicted octanol–water partition coefficient (Wildman–Crippen LogP) is 4.21. The maximum atomic E-state index is 13.0. The summed E-state index contributed by atoms with van der Waals surface area (Å²) in [5.41, 5.74) is 1.30. The Balaban J connectivity index is 1.74. The maximum absolute atomic E-state index is 13.0. The summed E-state index contributed by atoms with van der Waals surface area (Å²) in [6, 6.07) is 8.55. The summed E-state index contributed by atoms with van der Waals surface area (Å²) in [6.45, 7) is 2.01. The van der Waals surface area contributed by atoms with Gasteiger partial charge in [0.2, 0.25) is 5.90 Å². The Hall–Kier alpha value is -4.67. The van der Waals surface area contributed by atoms with Gasteiger partial charge in [-0.05, 0) is 37.1 Å². The lowest BCUT2D eigenvalue weighted by molar-refractivity contribution is 0.396. The number of aromatic hydroxyl groups is 1. The van der Waals surface area contributed by atoms with Gasteiger partial charge in [0.15, 0.2) is 11.5 Å². The number of ether oxygens (including phenoxy) is 3. The van der Waals surface area contributed by atoms with E-state index >= 15 is 0 Å². The van der Waals surface area contributed by atoms with Gasteiger partial charge in [-0.2, -0.15) is 0 Å². The number of benzene rings is 1. The van der Waals surface area contributed by atoms with Gasteiger partial charge in [-0.25, -0.2) is 0 Å². The molecule has 0 unspecified atom stereocenters. The van der Waals surface area contributed by atoms with Crippen molar-refractivity contribution in [3.63, 3.8) is 0 Å². The lowest BCUT2D eigenvalue weighted by atomic mass is 9.96. The van der Waals surface area contributed by atoms with E-state index in [1.165, 1.54) is 14.2 Å². The second-order valence-electron chi connectivity index (χ2n) is 8.18. The Labute approximate surface area is 212 Å². The second kappa shape index (κ2) is 10.9. The number of nitrogens with zero attached hydrogens (tertiary/aromatic N) is 2. The molecule has 0 radical (unpaired) electrons. The lowest BCUT2D eigenvalue weighted by Gasteiger charge is -2.19. The topological polar surface area (TPSA) is 167 Å². The average Bonchev–Trinajstić information content (AvgIpc) is 3.29. The largest absolute Gasteiger partial charge is 0.506 e. The smallest absolute Gasteiger partial charge is 0.264 e. The molecule has 0 saturated heterocycles. The number of hydrogen-bond donors (Lipinski definition) is 4. The summed E-state index contributed by atoms with van der Waals surface area (Å²) in [5, 5.41) is 31.9. The summed E-state index contributed by atoms with van der Waals surface area (Å²) in [6.07, 6.45) is 3.51. The Morgan fingerprint density at radius 2 is 1.84 bits per heavy atom. The zero-order chi connectivity index (χ0) is 26.5. The minimum Gasteiger partial charge on any atom is -0.506 e. The number of aromatic amines is 1. The number of rotatable bonds is 9. The van der Waals surface area contributed by atoms with Crippen LogP contribution in [0.4, 0.5) is 0 Å². The van der Waals surface area contributed by atoms with Gasteiger partial charge in [0.25, 0.3) is 5.56 Å². The van der Waals surface area contributed by atoms with E-state index in [0.29, 0.717) is 46.0 Å². The Morgan fingerprint density at radius 1 is 1.11 bits per heavy atom. The number of aromatic nitrogens is 3. The van der Waals surface area contributed by atoms with Crippen LogP contribution in [0.25, 0.3) is 22.2 Å². The molecule has 0 amide bonds. The monoisotopic (exact) mass is 505 g/mol. The molecule has 0 bridgehead atoms. The molecule has 4 aromatic rings. The van der Waals surface area contributed by atoms with Crippen LogP contribution >= 0.6 is 0 Å². The van der Waals surface area contributed by atoms with Gasteiger partial charge in [0, 0.05) is 11.9 Å². The fourth-order valence-corrected chi connectivity index (χ4v) is 4.06. The van der Waals surface area contributed by atoms with Crippen LogP contribution in [0.3, 0.4) is 0 Å². The third kappa shape index (κ3) is 5.01. The summed E-state index contributed by atoms with van der Waals surface area (Å²) < 4.78 is 21.6. The zero-order valence-corrected chi connectivity index (χ0v) is 20.7. The Bertz CT molecular complexity index is 1500. The molecule has 4 N–H and O–H groups in total. The number of methoxy groups -OCH3 is 2. The van der Waals surface area contributed by atoms with Gasteiger partial charge in [-0.3, -0.25) is 20.6 Å². The van der Waals surface area contributed by atoms with E-state index in [-0.39, 0.29) is 17.9 Å². The number of nitrogens with one attached hydrogen (secondary N) is 3. The molecule has 0 aliphatic heterocycles. The van der Waals surface area contributed by atoms with E-state index < -0.39 is 22.8 Å². The van der Waals surface area contributed by atoms with Crippen molar-refractivity contribution in [2.24, 2.45) is 0 Å². The molecule has 11 heteroatoms. The minimum atomic E-state index is -0.715. The van der Waals surface area contributed by atoms with E-state index in [2.05, 4.69) is 15.1 Å². The quantitative estimate of drug-likeness (QED) is 0.194. The molecular formula is C26H27N5O6. The molecule has 0 aliphatic rings. The molecule has 0 spiro atoms. The van der Waals surface area contributed by atoms with Crippen LogP contribution in [0.1, 0.15) is 36.7 Å². The van der Waals surface area contributed by atoms with Gasteiger partial charge in [0.05, 0.1) is 31.8 Å². The van der Waals surface area contributed by atoms with Crippen molar-refractivity contribution in [3.8, 4) is 28.4 Å². The normalized spacial score (nSPS) is 10.9. The van der Waals surface area contributed by atoms with Crippen molar-refractivity contribution in [1.29, 1.82) is 10.8 Å². The molecule has 1 aromatic carbocycles.